The first-order valence-electron chi connectivity index (χ1n) is 6.42. The molecule has 0 aliphatic rings. The van der Waals surface area contributed by atoms with E-state index in [1.807, 2.05) is 36.4 Å². The predicted molar refractivity (Wildman–Crippen MR) is 85.6 cm³/mol. The highest BCUT2D eigenvalue weighted by Gasteiger charge is 2.17. The van der Waals surface area contributed by atoms with Gasteiger partial charge < -0.3 is 5.11 Å². The second-order valence-electron chi connectivity index (χ2n) is 4.63. The van der Waals surface area contributed by atoms with Crippen molar-refractivity contribution in [2.75, 3.05) is 4.90 Å². The first kappa shape index (κ1) is 13.5. The highest BCUT2D eigenvalue weighted by molar-refractivity contribution is 6.30. The lowest BCUT2D eigenvalue weighted by Gasteiger charge is -2.20. The molecule has 0 aromatic heterocycles. The maximum Gasteiger partial charge on any atom is 0.416 e. The SMILES string of the molecule is O=C(O)N(c1ccc(Cl)cc1)c1ccc2ccccc2c1. The third kappa shape index (κ3) is 2.69. The van der Waals surface area contributed by atoms with Gasteiger partial charge >= 0.3 is 6.09 Å². The van der Waals surface area contributed by atoms with Gasteiger partial charge in [-0.1, -0.05) is 41.9 Å². The van der Waals surface area contributed by atoms with E-state index in [4.69, 9.17) is 11.6 Å². The van der Waals surface area contributed by atoms with Gasteiger partial charge in [0.05, 0.1) is 11.4 Å². The molecule has 1 amide bonds. The molecular formula is C17H12ClNO2. The molecular weight excluding hydrogens is 286 g/mol. The van der Waals surface area contributed by atoms with Gasteiger partial charge in [0.2, 0.25) is 0 Å². The fourth-order valence-electron chi connectivity index (χ4n) is 2.28. The van der Waals surface area contributed by atoms with Crippen molar-refractivity contribution in [1.82, 2.24) is 0 Å². The Kier molecular flexibility index (Phi) is 3.50. The summed E-state index contributed by atoms with van der Waals surface area (Å²) in [5.74, 6) is 0. The van der Waals surface area contributed by atoms with Gasteiger partial charge in [0.15, 0.2) is 0 Å². The van der Waals surface area contributed by atoms with E-state index >= 15 is 0 Å². The molecule has 4 heteroatoms. The van der Waals surface area contributed by atoms with Crippen LogP contribution in [-0.4, -0.2) is 11.2 Å². The Morgan fingerprint density at radius 1 is 0.857 bits per heavy atom. The van der Waals surface area contributed by atoms with Crippen LogP contribution in [0, 0.1) is 0 Å². The van der Waals surface area contributed by atoms with Crippen LogP contribution in [-0.2, 0) is 0 Å². The molecule has 0 bridgehead atoms. The van der Waals surface area contributed by atoms with Crippen molar-refractivity contribution in [1.29, 1.82) is 0 Å². The summed E-state index contributed by atoms with van der Waals surface area (Å²) in [7, 11) is 0. The van der Waals surface area contributed by atoms with E-state index in [0.717, 1.165) is 10.8 Å². The van der Waals surface area contributed by atoms with Crippen molar-refractivity contribution in [2.45, 2.75) is 0 Å². The minimum Gasteiger partial charge on any atom is -0.464 e. The smallest absolute Gasteiger partial charge is 0.416 e. The lowest BCUT2D eigenvalue weighted by Crippen LogP contribution is -2.23. The Morgan fingerprint density at radius 2 is 1.48 bits per heavy atom. The van der Waals surface area contributed by atoms with Crippen LogP contribution in [0.15, 0.2) is 66.7 Å². The van der Waals surface area contributed by atoms with E-state index in [1.54, 1.807) is 30.3 Å². The number of halogens is 1. The van der Waals surface area contributed by atoms with E-state index in [1.165, 1.54) is 4.90 Å². The molecule has 0 saturated heterocycles. The molecule has 1 N–H and O–H groups in total. The number of carboxylic acid groups (broad SMARTS) is 1. The Hall–Kier alpha value is -2.52. The van der Waals surface area contributed by atoms with Gasteiger partial charge in [0.1, 0.15) is 0 Å². The number of rotatable bonds is 2. The summed E-state index contributed by atoms with van der Waals surface area (Å²) in [5, 5.41) is 12.2. The molecule has 0 heterocycles. The average Bonchev–Trinajstić information content (AvgIpc) is 2.49. The van der Waals surface area contributed by atoms with E-state index in [2.05, 4.69) is 0 Å². The van der Waals surface area contributed by atoms with Crippen LogP contribution in [0.5, 0.6) is 0 Å². The van der Waals surface area contributed by atoms with Crippen molar-refractivity contribution in [3.8, 4) is 0 Å². The standard InChI is InChI=1S/C17H12ClNO2/c18-14-6-9-15(10-7-14)19(17(20)21)16-8-5-12-3-1-2-4-13(12)11-16/h1-11H,(H,20,21). The van der Waals surface area contributed by atoms with E-state index in [-0.39, 0.29) is 0 Å². The summed E-state index contributed by atoms with van der Waals surface area (Å²) in [6.07, 6.45) is -1.03. The lowest BCUT2D eigenvalue weighted by atomic mass is 10.1. The molecule has 3 aromatic carbocycles. The monoisotopic (exact) mass is 297 g/mol. The van der Waals surface area contributed by atoms with Crippen LogP contribution >= 0.6 is 11.6 Å². The number of carbonyl (C=O) groups is 1. The Bertz CT molecular complexity index is 799. The third-order valence-corrected chi connectivity index (χ3v) is 3.52. The van der Waals surface area contributed by atoms with Crippen LogP contribution < -0.4 is 4.90 Å². The quantitative estimate of drug-likeness (QED) is 0.696. The predicted octanol–water partition coefficient (Wildman–Crippen LogP) is 5.31. The topological polar surface area (TPSA) is 40.5 Å². The van der Waals surface area contributed by atoms with Crippen molar-refractivity contribution in [3.63, 3.8) is 0 Å². The molecule has 21 heavy (non-hydrogen) atoms. The zero-order chi connectivity index (χ0) is 14.8. The highest BCUT2D eigenvalue weighted by atomic mass is 35.5. The number of hydrogen-bond donors (Lipinski definition) is 1. The second kappa shape index (κ2) is 5.46. The molecule has 0 fully saturated rings. The van der Waals surface area contributed by atoms with E-state index < -0.39 is 6.09 Å². The minimum atomic E-state index is -1.03. The molecule has 0 saturated carbocycles. The Balaban J connectivity index is 2.11. The molecule has 0 aliphatic heterocycles. The number of hydrogen-bond acceptors (Lipinski definition) is 1. The van der Waals surface area contributed by atoms with Crippen molar-refractivity contribution in [3.05, 3.63) is 71.8 Å². The summed E-state index contributed by atoms with van der Waals surface area (Å²) in [6, 6.07) is 20.1. The summed E-state index contributed by atoms with van der Waals surface area (Å²) >= 11 is 5.85. The van der Waals surface area contributed by atoms with Gasteiger partial charge in [-0.25, -0.2) is 9.69 Å². The van der Waals surface area contributed by atoms with Gasteiger partial charge in [0.25, 0.3) is 0 Å². The fourth-order valence-corrected chi connectivity index (χ4v) is 2.40. The van der Waals surface area contributed by atoms with Crippen LogP contribution in [0.4, 0.5) is 16.2 Å². The molecule has 3 rings (SSSR count). The molecule has 104 valence electrons. The Morgan fingerprint density at radius 3 is 2.14 bits per heavy atom. The van der Waals surface area contributed by atoms with Gasteiger partial charge in [-0.05, 0) is 47.2 Å². The van der Waals surface area contributed by atoms with Crippen LogP contribution in [0.2, 0.25) is 5.02 Å². The number of anilines is 2. The third-order valence-electron chi connectivity index (χ3n) is 3.27. The summed E-state index contributed by atoms with van der Waals surface area (Å²) in [4.78, 5) is 12.9. The molecule has 0 unspecified atom stereocenters. The molecule has 3 aromatic rings. The second-order valence-corrected chi connectivity index (χ2v) is 5.06. The van der Waals surface area contributed by atoms with Gasteiger partial charge in [-0.2, -0.15) is 0 Å². The Labute approximate surface area is 127 Å². The maximum absolute atomic E-state index is 11.6. The minimum absolute atomic E-state index is 0.558. The highest BCUT2D eigenvalue weighted by Crippen LogP contribution is 2.29. The average molecular weight is 298 g/mol. The van der Waals surface area contributed by atoms with Crippen molar-refractivity contribution in [2.24, 2.45) is 0 Å². The molecule has 0 radical (unpaired) electrons. The van der Waals surface area contributed by atoms with Gasteiger partial charge in [-0.15, -0.1) is 0 Å². The number of fused-ring (bicyclic) bond motifs is 1. The zero-order valence-corrected chi connectivity index (χ0v) is 11.8. The zero-order valence-electron chi connectivity index (χ0n) is 11.0. The van der Waals surface area contributed by atoms with Crippen LogP contribution in [0.3, 0.4) is 0 Å². The van der Waals surface area contributed by atoms with E-state index in [9.17, 15) is 9.90 Å². The summed E-state index contributed by atoms with van der Waals surface area (Å²) < 4.78 is 0. The fraction of sp³-hybridized carbons (Fsp3) is 0. The van der Waals surface area contributed by atoms with Gasteiger partial charge in [0, 0.05) is 5.02 Å². The first-order chi connectivity index (χ1) is 10.1. The number of nitrogens with zero attached hydrogens (tertiary/aromatic N) is 1. The maximum atomic E-state index is 11.6. The summed E-state index contributed by atoms with van der Waals surface area (Å²) in [5.41, 5.74) is 1.16. The number of benzene rings is 3. The van der Waals surface area contributed by atoms with Crippen molar-refractivity contribution < 1.29 is 9.90 Å². The molecule has 0 atom stereocenters. The van der Waals surface area contributed by atoms with Crippen molar-refractivity contribution >= 4 is 39.8 Å². The number of amides is 1. The normalized spacial score (nSPS) is 10.5. The lowest BCUT2D eigenvalue weighted by molar-refractivity contribution is 0.205. The molecule has 3 nitrogen and oxygen atoms in total. The summed E-state index contributed by atoms with van der Waals surface area (Å²) in [6.45, 7) is 0. The van der Waals surface area contributed by atoms with Gasteiger partial charge in [-0.3, -0.25) is 0 Å². The molecule has 0 aliphatic carbocycles. The van der Waals surface area contributed by atoms with E-state index in [0.29, 0.717) is 16.4 Å². The molecule has 0 spiro atoms. The largest absolute Gasteiger partial charge is 0.464 e. The van der Waals surface area contributed by atoms with Crippen LogP contribution in [0.1, 0.15) is 0 Å². The first-order valence-corrected chi connectivity index (χ1v) is 6.80. The van der Waals surface area contributed by atoms with Crippen LogP contribution in [0.25, 0.3) is 10.8 Å².